The minimum absolute atomic E-state index is 0.151. The molecule has 1 aliphatic rings. The maximum absolute atomic E-state index is 13.1. The van der Waals surface area contributed by atoms with Gasteiger partial charge in [-0.2, -0.15) is 0 Å². The van der Waals surface area contributed by atoms with Crippen LogP contribution in [-0.2, 0) is 16.0 Å². The van der Waals surface area contributed by atoms with Crippen molar-refractivity contribution in [2.45, 2.75) is 19.3 Å². The SMILES string of the molecule is COC(=O)[C@@]1(C/C=C/c2ccc(Cl)cc2)CCc2ccccc2C1=O. The minimum atomic E-state index is -1.15. The maximum atomic E-state index is 13.1. The van der Waals surface area contributed by atoms with Crippen LogP contribution in [0.25, 0.3) is 6.08 Å². The fraction of sp³-hybridized carbons (Fsp3) is 0.238. The van der Waals surface area contributed by atoms with E-state index >= 15 is 0 Å². The van der Waals surface area contributed by atoms with Gasteiger partial charge in [-0.3, -0.25) is 9.59 Å². The van der Waals surface area contributed by atoms with Crippen LogP contribution in [-0.4, -0.2) is 18.9 Å². The molecule has 2 aromatic rings. The lowest BCUT2D eigenvalue weighted by Gasteiger charge is -2.33. The van der Waals surface area contributed by atoms with Crippen molar-refractivity contribution < 1.29 is 14.3 Å². The first-order valence-corrected chi connectivity index (χ1v) is 8.58. The second kappa shape index (κ2) is 7.24. The van der Waals surface area contributed by atoms with Gasteiger partial charge in [0.25, 0.3) is 0 Å². The lowest BCUT2D eigenvalue weighted by molar-refractivity contribution is -0.150. The number of hydrogen-bond donors (Lipinski definition) is 0. The molecule has 1 aliphatic carbocycles. The van der Waals surface area contributed by atoms with Gasteiger partial charge in [0.15, 0.2) is 5.78 Å². The highest BCUT2D eigenvalue weighted by Crippen LogP contribution is 2.40. The monoisotopic (exact) mass is 354 g/mol. The number of carbonyl (C=O) groups is 2. The van der Waals surface area contributed by atoms with Gasteiger partial charge in [-0.05, 0) is 42.5 Å². The number of Topliss-reactive ketones (excluding diaryl/α,β-unsaturated/α-hetero) is 1. The molecule has 0 spiro atoms. The van der Waals surface area contributed by atoms with Crippen LogP contribution in [0.4, 0.5) is 0 Å². The van der Waals surface area contributed by atoms with Gasteiger partial charge >= 0.3 is 5.97 Å². The third-order valence-electron chi connectivity index (χ3n) is 4.74. The number of ether oxygens (including phenoxy) is 1. The fourth-order valence-corrected chi connectivity index (χ4v) is 3.44. The molecule has 0 N–H and O–H groups in total. The summed E-state index contributed by atoms with van der Waals surface area (Å²) in [6, 6.07) is 14.9. The molecule has 0 saturated carbocycles. The molecular formula is C21H19ClO3. The first-order valence-electron chi connectivity index (χ1n) is 8.20. The summed E-state index contributed by atoms with van der Waals surface area (Å²) in [6.07, 6.45) is 5.22. The number of ketones is 1. The van der Waals surface area contributed by atoms with Crippen molar-refractivity contribution in [3.8, 4) is 0 Å². The molecule has 1 atom stereocenters. The molecule has 0 unspecified atom stereocenters. The molecule has 0 aliphatic heterocycles. The molecule has 4 heteroatoms. The van der Waals surface area contributed by atoms with E-state index in [-0.39, 0.29) is 5.78 Å². The van der Waals surface area contributed by atoms with E-state index in [1.165, 1.54) is 7.11 Å². The zero-order chi connectivity index (χ0) is 17.9. The third-order valence-corrected chi connectivity index (χ3v) is 4.99. The molecule has 2 aromatic carbocycles. The second-order valence-electron chi connectivity index (χ2n) is 6.22. The number of allylic oxidation sites excluding steroid dienone is 1. The second-order valence-corrected chi connectivity index (χ2v) is 6.65. The highest BCUT2D eigenvalue weighted by atomic mass is 35.5. The van der Waals surface area contributed by atoms with Crippen molar-refractivity contribution in [1.29, 1.82) is 0 Å². The summed E-state index contributed by atoms with van der Waals surface area (Å²) in [5.41, 5.74) is 1.44. The summed E-state index contributed by atoms with van der Waals surface area (Å²) < 4.78 is 4.99. The van der Waals surface area contributed by atoms with E-state index in [2.05, 4.69) is 0 Å². The molecule has 0 radical (unpaired) electrons. The maximum Gasteiger partial charge on any atom is 0.320 e. The van der Waals surface area contributed by atoms with E-state index in [1.807, 2.05) is 42.5 Å². The molecular weight excluding hydrogens is 336 g/mol. The van der Waals surface area contributed by atoms with E-state index in [0.29, 0.717) is 29.8 Å². The molecule has 0 bridgehead atoms. The summed E-state index contributed by atoms with van der Waals surface area (Å²) in [6.45, 7) is 0. The number of hydrogen-bond acceptors (Lipinski definition) is 3. The van der Waals surface area contributed by atoms with Crippen molar-refractivity contribution in [1.82, 2.24) is 0 Å². The van der Waals surface area contributed by atoms with E-state index < -0.39 is 11.4 Å². The van der Waals surface area contributed by atoms with Crippen molar-refractivity contribution in [2.75, 3.05) is 7.11 Å². The molecule has 3 nitrogen and oxygen atoms in total. The summed E-state index contributed by atoms with van der Waals surface area (Å²) in [4.78, 5) is 25.6. The zero-order valence-electron chi connectivity index (χ0n) is 14.0. The number of halogens is 1. The van der Waals surface area contributed by atoms with Crippen molar-refractivity contribution in [2.24, 2.45) is 5.41 Å². The number of methoxy groups -OCH3 is 1. The van der Waals surface area contributed by atoms with Crippen LogP contribution in [0.2, 0.25) is 5.02 Å². The van der Waals surface area contributed by atoms with Crippen LogP contribution in [0.15, 0.2) is 54.6 Å². The molecule has 0 amide bonds. The molecule has 128 valence electrons. The van der Waals surface area contributed by atoms with Gasteiger partial charge < -0.3 is 4.74 Å². The predicted octanol–water partition coefficient (Wildman–Crippen LogP) is 4.73. The number of aryl methyl sites for hydroxylation is 1. The van der Waals surface area contributed by atoms with Gasteiger partial charge in [-0.15, -0.1) is 0 Å². The zero-order valence-corrected chi connectivity index (χ0v) is 14.8. The Balaban J connectivity index is 1.89. The average Bonchev–Trinajstić information content (AvgIpc) is 2.65. The Morgan fingerprint density at radius 3 is 2.64 bits per heavy atom. The molecule has 3 rings (SSSR count). The molecule has 0 fully saturated rings. The standard InChI is InChI=1S/C21H19ClO3/c1-25-20(24)21(13-4-5-15-8-10-17(22)11-9-15)14-12-16-6-2-3-7-18(16)19(21)23/h2-11H,12-14H2,1H3/b5-4+/t21-/m0/s1. The largest absolute Gasteiger partial charge is 0.468 e. The van der Waals surface area contributed by atoms with Gasteiger partial charge in [0.1, 0.15) is 5.41 Å². The summed E-state index contributed by atoms with van der Waals surface area (Å²) in [7, 11) is 1.33. The van der Waals surface area contributed by atoms with Crippen LogP contribution < -0.4 is 0 Å². The predicted molar refractivity (Wildman–Crippen MR) is 98.6 cm³/mol. The van der Waals surface area contributed by atoms with Gasteiger partial charge in [0.05, 0.1) is 7.11 Å². The van der Waals surface area contributed by atoms with Gasteiger partial charge in [-0.25, -0.2) is 0 Å². The first kappa shape index (κ1) is 17.4. The molecule has 25 heavy (non-hydrogen) atoms. The van der Waals surface area contributed by atoms with Crippen LogP contribution in [0.5, 0.6) is 0 Å². The Morgan fingerprint density at radius 1 is 1.20 bits per heavy atom. The van der Waals surface area contributed by atoms with Crippen LogP contribution in [0.3, 0.4) is 0 Å². The van der Waals surface area contributed by atoms with Crippen LogP contribution >= 0.6 is 11.6 Å². The van der Waals surface area contributed by atoms with Gasteiger partial charge in [0, 0.05) is 10.6 Å². The van der Waals surface area contributed by atoms with E-state index in [0.717, 1.165) is 11.1 Å². The minimum Gasteiger partial charge on any atom is -0.468 e. The summed E-state index contributed by atoms with van der Waals surface area (Å²) >= 11 is 5.89. The lowest BCUT2D eigenvalue weighted by atomic mass is 9.68. The Kier molecular flexibility index (Phi) is 5.05. The first-order chi connectivity index (χ1) is 12.1. The highest BCUT2D eigenvalue weighted by Gasteiger charge is 2.48. The Morgan fingerprint density at radius 2 is 1.92 bits per heavy atom. The molecule has 0 aromatic heterocycles. The van der Waals surface area contributed by atoms with Crippen molar-refractivity contribution >= 4 is 29.4 Å². The average molecular weight is 355 g/mol. The number of benzene rings is 2. The smallest absolute Gasteiger partial charge is 0.320 e. The van der Waals surface area contributed by atoms with E-state index in [4.69, 9.17) is 16.3 Å². The number of rotatable bonds is 4. The number of fused-ring (bicyclic) bond motifs is 1. The molecule has 0 heterocycles. The quantitative estimate of drug-likeness (QED) is 0.588. The normalized spacial score (nSPS) is 19.7. The van der Waals surface area contributed by atoms with Crippen molar-refractivity contribution in [3.05, 3.63) is 76.3 Å². The van der Waals surface area contributed by atoms with Crippen LogP contribution in [0, 0.1) is 5.41 Å². The molecule has 0 saturated heterocycles. The third kappa shape index (κ3) is 3.38. The van der Waals surface area contributed by atoms with E-state index in [1.54, 1.807) is 18.2 Å². The topological polar surface area (TPSA) is 43.4 Å². The van der Waals surface area contributed by atoms with Gasteiger partial charge in [0.2, 0.25) is 0 Å². The number of esters is 1. The highest BCUT2D eigenvalue weighted by molar-refractivity contribution is 6.30. The Bertz CT molecular complexity index is 823. The van der Waals surface area contributed by atoms with Gasteiger partial charge in [-0.1, -0.05) is 60.2 Å². The summed E-state index contributed by atoms with van der Waals surface area (Å²) in [5.74, 6) is -0.616. The van der Waals surface area contributed by atoms with Crippen LogP contribution in [0.1, 0.15) is 34.3 Å². The Labute approximate surface area is 152 Å². The summed E-state index contributed by atoms with van der Waals surface area (Å²) in [5, 5.41) is 0.669. The van der Waals surface area contributed by atoms with Crippen molar-refractivity contribution in [3.63, 3.8) is 0 Å². The lowest BCUT2D eigenvalue weighted by Crippen LogP contribution is -2.43. The van der Waals surface area contributed by atoms with E-state index in [9.17, 15) is 9.59 Å². The fourth-order valence-electron chi connectivity index (χ4n) is 3.32. The number of carbonyl (C=O) groups excluding carboxylic acids is 2. The Hall–Kier alpha value is -2.39.